The van der Waals surface area contributed by atoms with Gasteiger partial charge in [0, 0.05) is 43.9 Å². The van der Waals surface area contributed by atoms with E-state index in [0.717, 1.165) is 11.8 Å². The van der Waals surface area contributed by atoms with Crippen LogP contribution in [0.15, 0.2) is 28.2 Å². The normalized spacial score (nSPS) is 14.7. The van der Waals surface area contributed by atoms with E-state index < -0.39 is 15.4 Å². The number of nitrogens with zero attached hydrogens (tertiary/aromatic N) is 3. The molecule has 1 aromatic heterocycles. The van der Waals surface area contributed by atoms with Crippen LogP contribution in [-0.4, -0.2) is 41.0 Å². The third-order valence-corrected chi connectivity index (χ3v) is 5.51. The minimum Gasteiger partial charge on any atom is -0.297 e. The van der Waals surface area contributed by atoms with Gasteiger partial charge in [-0.2, -0.15) is 0 Å². The van der Waals surface area contributed by atoms with E-state index in [1.807, 2.05) is 17.9 Å². The standard InChI is InChI=1S/C17H20N4O5S/c1-3-12-5-4-11(8-15(12)21(23)24)9-20-7-6-14-13(10-20)16(22)19-17(18-14)27(2,25)26/h4-5,8H,3,6-7,9-10H2,1-2H3,(H,18,19,22). The first-order valence-electron chi connectivity index (χ1n) is 8.49. The van der Waals surface area contributed by atoms with E-state index in [2.05, 4.69) is 9.97 Å². The molecular formula is C17H20N4O5S. The van der Waals surface area contributed by atoms with E-state index in [1.165, 1.54) is 0 Å². The predicted molar refractivity (Wildman–Crippen MR) is 98.3 cm³/mol. The van der Waals surface area contributed by atoms with Crippen molar-refractivity contribution in [3.8, 4) is 0 Å². The molecule has 1 aromatic carbocycles. The molecule has 0 atom stereocenters. The minimum atomic E-state index is -3.58. The van der Waals surface area contributed by atoms with E-state index in [0.29, 0.717) is 49.3 Å². The van der Waals surface area contributed by atoms with Gasteiger partial charge in [0.2, 0.25) is 15.0 Å². The smallest absolute Gasteiger partial charge is 0.272 e. The van der Waals surface area contributed by atoms with Crippen molar-refractivity contribution in [1.29, 1.82) is 0 Å². The van der Waals surface area contributed by atoms with Gasteiger partial charge in [-0.05, 0) is 12.0 Å². The lowest BCUT2D eigenvalue weighted by Gasteiger charge is -2.27. The Labute approximate surface area is 156 Å². The summed E-state index contributed by atoms with van der Waals surface area (Å²) >= 11 is 0. The van der Waals surface area contributed by atoms with E-state index in [4.69, 9.17) is 0 Å². The molecule has 3 rings (SSSR count). The predicted octanol–water partition coefficient (Wildman–Crippen LogP) is 1.20. The first-order valence-corrected chi connectivity index (χ1v) is 10.4. The fourth-order valence-electron chi connectivity index (χ4n) is 3.20. The van der Waals surface area contributed by atoms with Crippen molar-refractivity contribution in [2.75, 3.05) is 12.8 Å². The Bertz CT molecular complexity index is 1060. The van der Waals surface area contributed by atoms with E-state index >= 15 is 0 Å². The Balaban J connectivity index is 1.84. The quantitative estimate of drug-likeness (QED) is 0.460. The second-order valence-electron chi connectivity index (χ2n) is 6.60. The van der Waals surface area contributed by atoms with Crippen molar-refractivity contribution in [3.63, 3.8) is 0 Å². The lowest BCUT2D eigenvalue weighted by molar-refractivity contribution is -0.385. The van der Waals surface area contributed by atoms with Gasteiger partial charge < -0.3 is 0 Å². The molecule has 144 valence electrons. The number of nitrogens with one attached hydrogen (secondary N) is 1. The van der Waals surface area contributed by atoms with E-state index in [1.54, 1.807) is 12.1 Å². The maximum atomic E-state index is 12.3. The molecule has 0 bridgehead atoms. The molecule has 2 heterocycles. The van der Waals surface area contributed by atoms with E-state index in [9.17, 15) is 23.3 Å². The number of benzene rings is 1. The molecule has 0 radical (unpaired) electrons. The Morgan fingerprint density at radius 3 is 2.74 bits per heavy atom. The topological polar surface area (TPSA) is 126 Å². The average molecular weight is 392 g/mol. The van der Waals surface area contributed by atoms with Crippen LogP contribution in [0.1, 0.15) is 29.3 Å². The van der Waals surface area contributed by atoms with Gasteiger partial charge >= 0.3 is 0 Å². The van der Waals surface area contributed by atoms with Crippen molar-refractivity contribution in [1.82, 2.24) is 14.9 Å². The average Bonchev–Trinajstić information content (AvgIpc) is 2.61. The summed E-state index contributed by atoms with van der Waals surface area (Å²) in [5.74, 6) is 0. The molecule has 0 spiro atoms. The second kappa shape index (κ2) is 7.20. The number of fused-ring (bicyclic) bond motifs is 1. The van der Waals surface area contributed by atoms with Crippen molar-refractivity contribution in [2.24, 2.45) is 0 Å². The van der Waals surface area contributed by atoms with Gasteiger partial charge in [-0.25, -0.2) is 13.4 Å². The van der Waals surface area contributed by atoms with Crippen molar-refractivity contribution >= 4 is 15.5 Å². The van der Waals surface area contributed by atoms with Gasteiger partial charge in [0.25, 0.3) is 11.2 Å². The molecular weight excluding hydrogens is 372 g/mol. The van der Waals surface area contributed by atoms with Crippen LogP contribution < -0.4 is 5.56 Å². The summed E-state index contributed by atoms with van der Waals surface area (Å²) in [7, 11) is -3.58. The minimum absolute atomic E-state index is 0.102. The maximum Gasteiger partial charge on any atom is 0.272 e. The highest BCUT2D eigenvalue weighted by Crippen LogP contribution is 2.23. The van der Waals surface area contributed by atoms with Crippen molar-refractivity contribution < 1.29 is 13.3 Å². The number of nitro groups is 1. The molecule has 0 saturated carbocycles. The summed E-state index contributed by atoms with van der Waals surface area (Å²) in [6, 6.07) is 5.19. The molecule has 0 amide bonds. The number of aryl methyl sites for hydroxylation is 1. The molecule has 0 unspecified atom stereocenters. The number of hydrogen-bond donors (Lipinski definition) is 1. The summed E-state index contributed by atoms with van der Waals surface area (Å²) in [5.41, 5.74) is 2.04. The molecule has 2 aromatic rings. The number of nitro benzene ring substituents is 1. The van der Waals surface area contributed by atoms with Gasteiger partial charge in [-0.15, -0.1) is 0 Å². The van der Waals surface area contributed by atoms with Crippen LogP contribution in [-0.2, 0) is 35.8 Å². The molecule has 1 N–H and O–H groups in total. The third kappa shape index (κ3) is 4.06. The van der Waals surface area contributed by atoms with Gasteiger partial charge in [-0.3, -0.25) is 24.8 Å². The Kier molecular flexibility index (Phi) is 5.11. The van der Waals surface area contributed by atoms with Crippen molar-refractivity contribution in [3.05, 3.63) is 61.1 Å². The molecule has 1 aliphatic rings. The van der Waals surface area contributed by atoms with Gasteiger partial charge in [0.05, 0.1) is 16.2 Å². The summed E-state index contributed by atoms with van der Waals surface area (Å²) in [6.07, 6.45) is 2.02. The van der Waals surface area contributed by atoms with Crippen LogP contribution in [0.5, 0.6) is 0 Å². The highest BCUT2D eigenvalue weighted by Gasteiger charge is 2.24. The fourth-order valence-corrected chi connectivity index (χ4v) is 3.76. The number of sulfone groups is 1. The van der Waals surface area contributed by atoms with Crippen LogP contribution in [0, 0.1) is 10.1 Å². The van der Waals surface area contributed by atoms with Gasteiger partial charge in [0.1, 0.15) is 0 Å². The number of rotatable bonds is 5. The zero-order chi connectivity index (χ0) is 19.8. The van der Waals surface area contributed by atoms with Crippen LogP contribution >= 0.6 is 0 Å². The van der Waals surface area contributed by atoms with Crippen LogP contribution in [0.3, 0.4) is 0 Å². The number of aromatic amines is 1. The highest BCUT2D eigenvalue weighted by molar-refractivity contribution is 7.90. The molecule has 10 heteroatoms. The molecule has 0 aliphatic carbocycles. The summed E-state index contributed by atoms with van der Waals surface area (Å²) in [5, 5.41) is 10.9. The molecule has 9 nitrogen and oxygen atoms in total. The number of hydrogen-bond acceptors (Lipinski definition) is 7. The largest absolute Gasteiger partial charge is 0.297 e. The zero-order valence-electron chi connectivity index (χ0n) is 15.1. The van der Waals surface area contributed by atoms with Gasteiger partial charge in [-0.1, -0.05) is 19.1 Å². The first-order chi connectivity index (χ1) is 12.7. The SMILES string of the molecule is CCc1ccc(CN2CCc3nc(S(C)(=O)=O)[nH]c(=O)c3C2)cc1[N+](=O)[O-]. The lowest BCUT2D eigenvalue weighted by Crippen LogP contribution is -2.36. The monoisotopic (exact) mass is 392 g/mol. The first kappa shape index (κ1) is 19.2. The Morgan fingerprint density at radius 2 is 2.11 bits per heavy atom. The fraction of sp³-hybridized carbons (Fsp3) is 0.412. The summed E-state index contributed by atoms with van der Waals surface area (Å²) in [6.45, 7) is 3.21. The third-order valence-electron chi connectivity index (χ3n) is 4.61. The maximum absolute atomic E-state index is 12.3. The lowest BCUT2D eigenvalue weighted by atomic mass is 10.0. The highest BCUT2D eigenvalue weighted by atomic mass is 32.2. The zero-order valence-corrected chi connectivity index (χ0v) is 15.9. The summed E-state index contributed by atoms with van der Waals surface area (Å²) in [4.78, 5) is 31.5. The summed E-state index contributed by atoms with van der Waals surface area (Å²) < 4.78 is 23.2. The van der Waals surface area contributed by atoms with Crippen LogP contribution in [0.2, 0.25) is 0 Å². The second-order valence-corrected chi connectivity index (χ2v) is 8.53. The van der Waals surface area contributed by atoms with Gasteiger partial charge in [0.15, 0.2) is 0 Å². The Morgan fingerprint density at radius 1 is 1.37 bits per heavy atom. The number of aromatic nitrogens is 2. The van der Waals surface area contributed by atoms with Crippen LogP contribution in [0.4, 0.5) is 5.69 Å². The molecule has 0 fully saturated rings. The van der Waals surface area contributed by atoms with Crippen molar-refractivity contribution in [2.45, 2.75) is 38.0 Å². The Hall–Kier alpha value is -2.59. The molecule has 27 heavy (non-hydrogen) atoms. The van der Waals surface area contributed by atoms with E-state index in [-0.39, 0.29) is 15.8 Å². The number of H-pyrrole nitrogens is 1. The van der Waals surface area contributed by atoms with Crippen LogP contribution in [0.25, 0.3) is 0 Å². The molecule has 0 saturated heterocycles. The molecule has 1 aliphatic heterocycles.